The lowest BCUT2D eigenvalue weighted by Crippen LogP contribution is -2.32. The minimum absolute atomic E-state index is 0.0421. The number of nitrogens with zero attached hydrogens (tertiary/aromatic N) is 2. The smallest absolute Gasteiger partial charge is 0.171 e. The zero-order valence-electron chi connectivity index (χ0n) is 11.1. The van der Waals surface area contributed by atoms with Crippen molar-refractivity contribution in [1.29, 1.82) is 0 Å². The summed E-state index contributed by atoms with van der Waals surface area (Å²) in [6.07, 6.45) is 4.99. The fraction of sp³-hybridized carbons (Fsp3) is 0.500. The van der Waals surface area contributed by atoms with Crippen LogP contribution in [0.5, 0.6) is 0 Å². The molecule has 0 aromatic heterocycles. The van der Waals surface area contributed by atoms with Crippen molar-refractivity contribution in [2.45, 2.75) is 38.6 Å². The second-order valence-electron chi connectivity index (χ2n) is 5.04. The van der Waals surface area contributed by atoms with E-state index >= 15 is 0 Å². The zero-order chi connectivity index (χ0) is 13.8. The molecule has 104 valence electrons. The second-order valence-corrected chi connectivity index (χ2v) is 5.45. The molecular weight excluding hydrogens is 262 g/mol. The summed E-state index contributed by atoms with van der Waals surface area (Å²) < 4.78 is 0. The number of oxime groups is 1. The number of benzene rings is 1. The van der Waals surface area contributed by atoms with Crippen LogP contribution in [0, 0.1) is 0 Å². The summed E-state index contributed by atoms with van der Waals surface area (Å²) in [6.45, 7) is 3.30. The molecule has 0 radical (unpaired) electrons. The van der Waals surface area contributed by atoms with Crippen LogP contribution >= 0.6 is 11.6 Å². The molecule has 1 atom stereocenters. The average molecular weight is 282 g/mol. The lowest BCUT2D eigenvalue weighted by molar-refractivity contribution is 0.318. The molecule has 1 aromatic carbocycles. The molecule has 1 aliphatic heterocycles. The van der Waals surface area contributed by atoms with Crippen molar-refractivity contribution in [3.05, 3.63) is 28.8 Å². The Kier molecular flexibility index (Phi) is 4.53. The third-order valence-electron chi connectivity index (χ3n) is 3.72. The van der Waals surface area contributed by atoms with E-state index in [1.54, 1.807) is 0 Å². The molecule has 2 rings (SSSR count). The lowest BCUT2D eigenvalue weighted by atomic mass is 10.1. The Morgan fingerprint density at radius 2 is 2.21 bits per heavy atom. The van der Waals surface area contributed by atoms with Gasteiger partial charge in [-0.25, -0.2) is 0 Å². The first-order valence-electron chi connectivity index (χ1n) is 6.67. The molecule has 1 aliphatic rings. The highest BCUT2D eigenvalue weighted by atomic mass is 35.5. The first kappa shape index (κ1) is 14.0. The molecule has 3 N–H and O–H groups in total. The van der Waals surface area contributed by atoms with Crippen molar-refractivity contribution in [3.8, 4) is 0 Å². The minimum Gasteiger partial charge on any atom is -0.409 e. The standard InChI is InChI=1S/C14H20ClN3O/c1-10-5-3-2-4-8-18(10)11-6-7-12(13(15)9-11)14(16)17-19/h6-7,9-10,19H,2-5,8H2,1H3,(H2,16,17). The molecule has 0 saturated carbocycles. The first-order chi connectivity index (χ1) is 9.13. The molecule has 0 bridgehead atoms. The first-order valence-corrected chi connectivity index (χ1v) is 7.05. The molecule has 4 nitrogen and oxygen atoms in total. The van der Waals surface area contributed by atoms with Crippen molar-refractivity contribution in [2.75, 3.05) is 11.4 Å². The van der Waals surface area contributed by atoms with Crippen molar-refractivity contribution in [3.63, 3.8) is 0 Å². The number of anilines is 1. The quantitative estimate of drug-likeness (QED) is 0.379. The van der Waals surface area contributed by atoms with Crippen LogP contribution < -0.4 is 10.6 Å². The Morgan fingerprint density at radius 3 is 2.89 bits per heavy atom. The van der Waals surface area contributed by atoms with Crippen LogP contribution in [0.4, 0.5) is 5.69 Å². The number of hydrogen-bond donors (Lipinski definition) is 2. The van der Waals surface area contributed by atoms with Crippen molar-refractivity contribution < 1.29 is 5.21 Å². The summed E-state index contributed by atoms with van der Waals surface area (Å²) in [5.74, 6) is 0.0421. The third-order valence-corrected chi connectivity index (χ3v) is 4.03. The van der Waals surface area contributed by atoms with Crippen molar-refractivity contribution in [2.24, 2.45) is 10.9 Å². The number of amidine groups is 1. The van der Waals surface area contributed by atoms with E-state index in [2.05, 4.69) is 17.0 Å². The van der Waals surface area contributed by atoms with Crippen LogP contribution in [0.15, 0.2) is 23.4 Å². The summed E-state index contributed by atoms with van der Waals surface area (Å²) in [4.78, 5) is 2.38. The van der Waals surface area contributed by atoms with E-state index in [4.69, 9.17) is 22.5 Å². The Balaban J connectivity index is 2.28. The summed E-state index contributed by atoms with van der Waals surface area (Å²) >= 11 is 6.21. The number of nitrogens with two attached hydrogens (primary N) is 1. The van der Waals surface area contributed by atoms with Crippen molar-refractivity contribution in [1.82, 2.24) is 0 Å². The molecule has 1 aromatic rings. The molecule has 19 heavy (non-hydrogen) atoms. The van der Waals surface area contributed by atoms with Gasteiger partial charge in [0.05, 0.1) is 5.02 Å². The van der Waals surface area contributed by atoms with E-state index in [9.17, 15) is 0 Å². The lowest BCUT2D eigenvalue weighted by Gasteiger charge is -2.29. The highest BCUT2D eigenvalue weighted by Crippen LogP contribution is 2.28. The minimum atomic E-state index is 0.0421. The summed E-state index contributed by atoms with van der Waals surface area (Å²) in [6, 6.07) is 6.22. The van der Waals surface area contributed by atoms with Gasteiger partial charge in [0.1, 0.15) is 0 Å². The van der Waals surface area contributed by atoms with Gasteiger partial charge in [0.15, 0.2) is 5.84 Å². The predicted molar refractivity (Wildman–Crippen MR) is 79.2 cm³/mol. The molecule has 1 fully saturated rings. The number of halogens is 1. The van der Waals surface area contributed by atoms with E-state index in [-0.39, 0.29) is 5.84 Å². The molecule has 0 amide bonds. The highest BCUT2D eigenvalue weighted by molar-refractivity contribution is 6.34. The largest absolute Gasteiger partial charge is 0.409 e. The molecule has 0 aliphatic carbocycles. The maximum absolute atomic E-state index is 8.70. The Bertz CT molecular complexity index is 476. The fourth-order valence-electron chi connectivity index (χ4n) is 2.60. The van der Waals surface area contributed by atoms with E-state index in [1.165, 1.54) is 25.7 Å². The topological polar surface area (TPSA) is 61.8 Å². The Morgan fingerprint density at radius 1 is 1.42 bits per heavy atom. The molecule has 0 spiro atoms. The monoisotopic (exact) mass is 281 g/mol. The van der Waals surface area contributed by atoms with Gasteiger partial charge in [-0.05, 0) is 38.0 Å². The molecule has 1 heterocycles. The van der Waals surface area contributed by atoms with E-state index < -0.39 is 0 Å². The average Bonchev–Trinajstić information content (AvgIpc) is 2.62. The molecular formula is C14H20ClN3O. The van der Waals surface area contributed by atoms with Gasteiger partial charge < -0.3 is 15.8 Å². The van der Waals surface area contributed by atoms with Gasteiger partial charge in [-0.1, -0.05) is 29.6 Å². The van der Waals surface area contributed by atoms with Gasteiger partial charge in [-0.15, -0.1) is 0 Å². The van der Waals surface area contributed by atoms with Crippen molar-refractivity contribution >= 4 is 23.1 Å². The van der Waals surface area contributed by atoms with Gasteiger partial charge in [-0.2, -0.15) is 0 Å². The van der Waals surface area contributed by atoms with Crippen LogP contribution in [0.2, 0.25) is 5.02 Å². The maximum atomic E-state index is 8.70. The third kappa shape index (κ3) is 3.13. The highest BCUT2D eigenvalue weighted by Gasteiger charge is 2.18. The molecule has 1 saturated heterocycles. The van der Waals surface area contributed by atoms with Crippen LogP contribution in [-0.2, 0) is 0 Å². The maximum Gasteiger partial charge on any atom is 0.171 e. The van der Waals surface area contributed by atoms with Gasteiger partial charge in [0, 0.05) is 23.8 Å². The Labute approximate surface area is 118 Å². The number of hydrogen-bond acceptors (Lipinski definition) is 3. The van der Waals surface area contributed by atoms with Crippen LogP contribution in [0.25, 0.3) is 0 Å². The summed E-state index contributed by atoms with van der Waals surface area (Å²) in [5.41, 5.74) is 7.25. The van der Waals surface area contributed by atoms with Gasteiger partial charge in [-0.3, -0.25) is 0 Å². The van der Waals surface area contributed by atoms with Crippen LogP contribution in [0.1, 0.15) is 38.2 Å². The van der Waals surface area contributed by atoms with E-state index in [0.29, 0.717) is 16.6 Å². The summed E-state index contributed by atoms with van der Waals surface area (Å²) in [7, 11) is 0. The number of rotatable bonds is 2. The van der Waals surface area contributed by atoms with Crippen LogP contribution in [0.3, 0.4) is 0 Å². The van der Waals surface area contributed by atoms with Crippen LogP contribution in [-0.4, -0.2) is 23.6 Å². The normalized spacial score (nSPS) is 21.3. The summed E-state index contributed by atoms with van der Waals surface area (Å²) in [5, 5.41) is 12.2. The molecule has 5 heteroatoms. The van der Waals surface area contributed by atoms with Gasteiger partial charge >= 0.3 is 0 Å². The van der Waals surface area contributed by atoms with Gasteiger partial charge in [0.2, 0.25) is 0 Å². The van der Waals surface area contributed by atoms with Gasteiger partial charge in [0.25, 0.3) is 0 Å². The predicted octanol–water partition coefficient (Wildman–Crippen LogP) is 3.20. The van der Waals surface area contributed by atoms with E-state index in [1.807, 2.05) is 18.2 Å². The Hall–Kier alpha value is -1.42. The molecule has 1 unspecified atom stereocenters. The second kappa shape index (κ2) is 6.15. The zero-order valence-corrected chi connectivity index (χ0v) is 11.9. The SMILES string of the molecule is CC1CCCCCN1c1ccc(C(N)=NO)c(Cl)c1. The van der Waals surface area contributed by atoms with E-state index in [0.717, 1.165) is 12.2 Å². The fourth-order valence-corrected chi connectivity index (χ4v) is 2.87.